The van der Waals surface area contributed by atoms with E-state index in [1.54, 1.807) is 19.3 Å². The van der Waals surface area contributed by atoms with Crippen LogP contribution in [0.2, 0.25) is 0 Å². The topological polar surface area (TPSA) is 75.6 Å². The molecule has 0 aromatic carbocycles. The molecule has 2 saturated heterocycles. The van der Waals surface area contributed by atoms with Crippen LogP contribution in [-0.2, 0) is 9.53 Å². The van der Waals surface area contributed by atoms with Crippen molar-refractivity contribution in [1.82, 2.24) is 14.9 Å². The molecule has 0 N–H and O–H groups in total. The minimum Gasteiger partial charge on any atom is -0.447 e. The predicted octanol–water partition coefficient (Wildman–Crippen LogP) is 1.16. The summed E-state index contributed by atoms with van der Waals surface area (Å²) in [4.78, 5) is 35.0. The Labute approximate surface area is 122 Å². The van der Waals surface area contributed by atoms with Crippen molar-refractivity contribution in [2.24, 2.45) is 0 Å². The molecule has 0 bridgehead atoms. The minimum absolute atomic E-state index is 0.101. The molecule has 0 saturated carbocycles. The fraction of sp³-hybridized carbons (Fsp3) is 0.571. The Kier molecular flexibility index (Phi) is 3.72. The summed E-state index contributed by atoms with van der Waals surface area (Å²) in [5.74, 6) is 0.833. The van der Waals surface area contributed by atoms with Gasteiger partial charge >= 0.3 is 6.09 Å². The van der Waals surface area contributed by atoms with Gasteiger partial charge in [-0.25, -0.2) is 9.78 Å². The third-order valence-corrected chi connectivity index (χ3v) is 3.98. The number of carbonyl (C=O) groups excluding carboxylic acids is 2. The van der Waals surface area contributed by atoms with Crippen LogP contribution < -0.4 is 4.90 Å². The van der Waals surface area contributed by atoms with Crippen LogP contribution in [0.4, 0.5) is 10.6 Å². The van der Waals surface area contributed by atoms with Crippen LogP contribution in [0.1, 0.15) is 31.4 Å². The Morgan fingerprint density at radius 1 is 1.33 bits per heavy atom. The summed E-state index contributed by atoms with van der Waals surface area (Å²) in [6.07, 6.45) is 4.91. The van der Waals surface area contributed by atoms with E-state index in [0.29, 0.717) is 25.5 Å². The Balaban J connectivity index is 1.71. The van der Waals surface area contributed by atoms with Crippen LogP contribution in [-0.4, -0.2) is 53.1 Å². The predicted molar refractivity (Wildman–Crippen MR) is 75.0 cm³/mol. The molecule has 1 aromatic rings. The third kappa shape index (κ3) is 2.81. The number of cyclic esters (lactones) is 1. The zero-order valence-electron chi connectivity index (χ0n) is 12.0. The maximum absolute atomic E-state index is 11.5. The van der Waals surface area contributed by atoms with Gasteiger partial charge in [0, 0.05) is 25.9 Å². The van der Waals surface area contributed by atoms with Crippen LogP contribution >= 0.6 is 0 Å². The highest BCUT2D eigenvalue weighted by atomic mass is 16.6. The van der Waals surface area contributed by atoms with Gasteiger partial charge in [-0.2, -0.15) is 0 Å². The van der Waals surface area contributed by atoms with E-state index < -0.39 is 0 Å². The second kappa shape index (κ2) is 5.67. The Bertz CT molecular complexity index is 546. The molecular weight excluding hydrogens is 272 g/mol. The molecule has 1 atom stereocenters. The quantitative estimate of drug-likeness (QED) is 0.817. The molecule has 21 heavy (non-hydrogen) atoms. The first kappa shape index (κ1) is 13.8. The highest BCUT2D eigenvalue weighted by molar-refractivity contribution is 5.87. The number of amides is 2. The molecule has 112 valence electrons. The average molecular weight is 290 g/mol. The SMILES string of the molecule is CC(=O)N1CCC[C@H](c2cnc(N3CCOC3=O)cn2)C1. The van der Waals surface area contributed by atoms with Crippen molar-refractivity contribution in [2.75, 3.05) is 31.1 Å². The number of hydrogen-bond acceptors (Lipinski definition) is 5. The van der Waals surface area contributed by atoms with Crippen molar-refractivity contribution in [3.8, 4) is 0 Å². The van der Waals surface area contributed by atoms with Crippen LogP contribution in [0, 0.1) is 0 Å². The molecule has 2 amide bonds. The van der Waals surface area contributed by atoms with Crippen LogP contribution in [0.5, 0.6) is 0 Å². The molecule has 7 nitrogen and oxygen atoms in total. The van der Waals surface area contributed by atoms with Gasteiger partial charge in [0.2, 0.25) is 5.91 Å². The maximum Gasteiger partial charge on any atom is 0.415 e. The van der Waals surface area contributed by atoms with E-state index in [4.69, 9.17) is 4.74 Å². The van der Waals surface area contributed by atoms with E-state index >= 15 is 0 Å². The lowest BCUT2D eigenvalue weighted by Crippen LogP contribution is -2.37. The van der Waals surface area contributed by atoms with Gasteiger partial charge in [-0.3, -0.25) is 14.7 Å². The zero-order valence-corrected chi connectivity index (χ0v) is 12.0. The molecule has 2 fully saturated rings. The van der Waals surface area contributed by atoms with E-state index in [2.05, 4.69) is 9.97 Å². The monoisotopic (exact) mass is 290 g/mol. The van der Waals surface area contributed by atoms with E-state index in [1.165, 1.54) is 4.90 Å². The molecule has 0 radical (unpaired) electrons. The van der Waals surface area contributed by atoms with Gasteiger partial charge in [-0.15, -0.1) is 0 Å². The molecule has 3 heterocycles. The van der Waals surface area contributed by atoms with Gasteiger partial charge in [0.1, 0.15) is 6.61 Å². The smallest absolute Gasteiger partial charge is 0.415 e. The lowest BCUT2D eigenvalue weighted by Gasteiger charge is -2.31. The standard InChI is InChI=1S/C14H18N4O3/c1-10(19)17-4-2-3-11(9-17)12-7-16-13(8-15-12)18-5-6-21-14(18)20/h7-8,11H,2-6,9H2,1H3/t11-/m0/s1. The molecule has 2 aliphatic rings. The molecule has 7 heteroatoms. The number of likely N-dealkylation sites (tertiary alicyclic amines) is 1. The number of piperidine rings is 1. The molecule has 0 unspecified atom stereocenters. The second-order valence-electron chi connectivity index (χ2n) is 5.37. The highest BCUT2D eigenvalue weighted by Gasteiger charge is 2.27. The fourth-order valence-corrected chi connectivity index (χ4v) is 2.79. The summed E-state index contributed by atoms with van der Waals surface area (Å²) >= 11 is 0. The van der Waals surface area contributed by atoms with Crippen molar-refractivity contribution >= 4 is 17.8 Å². The first-order chi connectivity index (χ1) is 10.1. The molecule has 2 aliphatic heterocycles. The number of aromatic nitrogens is 2. The summed E-state index contributed by atoms with van der Waals surface area (Å²) in [6.45, 7) is 4.00. The van der Waals surface area contributed by atoms with Gasteiger partial charge < -0.3 is 9.64 Å². The van der Waals surface area contributed by atoms with E-state index in [1.807, 2.05) is 4.90 Å². The van der Waals surface area contributed by atoms with Crippen LogP contribution in [0.15, 0.2) is 12.4 Å². The zero-order chi connectivity index (χ0) is 14.8. The van der Waals surface area contributed by atoms with Gasteiger partial charge in [0.25, 0.3) is 0 Å². The van der Waals surface area contributed by atoms with Gasteiger partial charge in [0.05, 0.1) is 24.6 Å². The van der Waals surface area contributed by atoms with E-state index in [-0.39, 0.29) is 17.9 Å². The first-order valence-electron chi connectivity index (χ1n) is 7.17. The van der Waals surface area contributed by atoms with Gasteiger partial charge in [0.15, 0.2) is 5.82 Å². The fourth-order valence-electron chi connectivity index (χ4n) is 2.79. The molecule has 1 aromatic heterocycles. The van der Waals surface area contributed by atoms with Crippen molar-refractivity contribution < 1.29 is 14.3 Å². The maximum atomic E-state index is 11.5. The normalized spacial score (nSPS) is 22.3. The Morgan fingerprint density at radius 3 is 2.81 bits per heavy atom. The number of carbonyl (C=O) groups is 2. The van der Waals surface area contributed by atoms with Gasteiger partial charge in [-0.05, 0) is 12.8 Å². The third-order valence-electron chi connectivity index (χ3n) is 3.98. The number of ether oxygens (including phenoxy) is 1. The molecule has 0 aliphatic carbocycles. The summed E-state index contributed by atoms with van der Waals surface area (Å²) in [6, 6.07) is 0. The van der Waals surface area contributed by atoms with Crippen molar-refractivity contribution in [3.63, 3.8) is 0 Å². The summed E-state index contributed by atoms with van der Waals surface area (Å²) in [7, 11) is 0. The number of nitrogens with zero attached hydrogens (tertiary/aromatic N) is 4. The second-order valence-corrected chi connectivity index (χ2v) is 5.37. The highest BCUT2D eigenvalue weighted by Crippen LogP contribution is 2.26. The summed E-state index contributed by atoms with van der Waals surface area (Å²) in [5, 5.41) is 0. The lowest BCUT2D eigenvalue weighted by atomic mass is 9.95. The largest absolute Gasteiger partial charge is 0.447 e. The Morgan fingerprint density at radius 2 is 2.19 bits per heavy atom. The van der Waals surface area contributed by atoms with E-state index in [0.717, 1.165) is 25.1 Å². The lowest BCUT2D eigenvalue weighted by molar-refractivity contribution is -0.130. The molecular formula is C14H18N4O3. The van der Waals surface area contributed by atoms with Crippen LogP contribution in [0.3, 0.4) is 0 Å². The van der Waals surface area contributed by atoms with Gasteiger partial charge in [-0.1, -0.05) is 0 Å². The summed E-state index contributed by atoms with van der Waals surface area (Å²) in [5.41, 5.74) is 0.872. The van der Waals surface area contributed by atoms with Crippen molar-refractivity contribution in [2.45, 2.75) is 25.7 Å². The van der Waals surface area contributed by atoms with E-state index in [9.17, 15) is 9.59 Å². The molecule has 3 rings (SSSR count). The average Bonchev–Trinajstić information content (AvgIpc) is 2.94. The summed E-state index contributed by atoms with van der Waals surface area (Å²) < 4.78 is 4.88. The first-order valence-corrected chi connectivity index (χ1v) is 7.17. The van der Waals surface area contributed by atoms with Crippen molar-refractivity contribution in [1.29, 1.82) is 0 Å². The van der Waals surface area contributed by atoms with Crippen LogP contribution in [0.25, 0.3) is 0 Å². The number of hydrogen-bond donors (Lipinski definition) is 0. The number of anilines is 1. The van der Waals surface area contributed by atoms with Crippen molar-refractivity contribution in [3.05, 3.63) is 18.1 Å². The Hall–Kier alpha value is -2.18. The minimum atomic E-state index is -0.377. The number of rotatable bonds is 2. The molecule has 0 spiro atoms.